The molecule has 0 amide bonds. The standard InChI is InChI=1S/C20H41NO5S/c1-3-4-5-6-7-8-9-10-11-12-13-14-16-21(17-15-20(22)26-2)18-19-27(23,24)25/h3-19H2,1-2H3,(H,23,24,25). The van der Waals surface area contributed by atoms with Crippen LogP contribution in [0.4, 0.5) is 0 Å². The van der Waals surface area contributed by atoms with Gasteiger partial charge in [-0.1, -0.05) is 77.6 Å². The number of carbonyl (C=O) groups excluding carboxylic acids is 1. The highest BCUT2D eigenvalue weighted by atomic mass is 32.2. The smallest absolute Gasteiger partial charge is 0.306 e. The van der Waals surface area contributed by atoms with Gasteiger partial charge in [0.15, 0.2) is 0 Å². The summed E-state index contributed by atoms with van der Waals surface area (Å²) >= 11 is 0. The predicted molar refractivity (Wildman–Crippen MR) is 111 cm³/mol. The zero-order valence-electron chi connectivity index (χ0n) is 17.5. The molecule has 0 aliphatic heterocycles. The van der Waals surface area contributed by atoms with Crippen LogP contribution in [0.2, 0.25) is 0 Å². The largest absolute Gasteiger partial charge is 0.469 e. The third-order valence-electron chi connectivity index (χ3n) is 4.85. The number of rotatable bonds is 19. The minimum atomic E-state index is -3.98. The van der Waals surface area contributed by atoms with Crippen LogP contribution >= 0.6 is 0 Å². The zero-order chi connectivity index (χ0) is 20.4. The molecule has 0 spiro atoms. The van der Waals surface area contributed by atoms with Crippen molar-refractivity contribution in [3.63, 3.8) is 0 Å². The number of nitrogens with zero attached hydrogens (tertiary/aromatic N) is 1. The van der Waals surface area contributed by atoms with E-state index in [-0.39, 0.29) is 24.7 Å². The lowest BCUT2D eigenvalue weighted by Crippen LogP contribution is -2.32. The van der Waals surface area contributed by atoms with Gasteiger partial charge in [0.1, 0.15) is 0 Å². The number of ether oxygens (including phenoxy) is 1. The third kappa shape index (κ3) is 19.9. The molecule has 0 heterocycles. The summed E-state index contributed by atoms with van der Waals surface area (Å²) in [6, 6.07) is 0. The summed E-state index contributed by atoms with van der Waals surface area (Å²) in [7, 11) is -2.63. The van der Waals surface area contributed by atoms with Gasteiger partial charge in [-0.15, -0.1) is 0 Å². The highest BCUT2D eigenvalue weighted by molar-refractivity contribution is 7.85. The Labute approximate surface area is 166 Å². The maximum atomic E-state index is 11.3. The molecule has 0 bridgehead atoms. The maximum absolute atomic E-state index is 11.3. The van der Waals surface area contributed by atoms with Crippen molar-refractivity contribution in [2.45, 2.75) is 90.4 Å². The average Bonchev–Trinajstić information content (AvgIpc) is 2.63. The first kappa shape index (κ1) is 26.3. The molecule has 0 fully saturated rings. The van der Waals surface area contributed by atoms with Gasteiger partial charge in [0.25, 0.3) is 10.1 Å². The van der Waals surface area contributed by atoms with Gasteiger partial charge in [-0.05, 0) is 13.0 Å². The van der Waals surface area contributed by atoms with E-state index in [0.29, 0.717) is 6.54 Å². The maximum Gasteiger partial charge on any atom is 0.306 e. The molecular weight excluding hydrogens is 366 g/mol. The van der Waals surface area contributed by atoms with Crippen molar-refractivity contribution in [1.82, 2.24) is 4.90 Å². The van der Waals surface area contributed by atoms with Crippen LogP contribution in [-0.2, 0) is 19.6 Å². The molecule has 27 heavy (non-hydrogen) atoms. The molecule has 0 aromatic rings. The van der Waals surface area contributed by atoms with Crippen LogP contribution in [0.25, 0.3) is 0 Å². The first-order valence-corrected chi connectivity index (χ1v) is 12.2. The second-order valence-electron chi connectivity index (χ2n) is 7.34. The van der Waals surface area contributed by atoms with Crippen LogP contribution in [0.1, 0.15) is 90.4 Å². The van der Waals surface area contributed by atoms with Crippen molar-refractivity contribution in [1.29, 1.82) is 0 Å². The summed E-state index contributed by atoms with van der Waals surface area (Å²) in [5, 5.41) is 0. The first-order valence-electron chi connectivity index (χ1n) is 10.6. The Morgan fingerprint density at radius 1 is 0.815 bits per heavy atom. The van der Waals surface area contributed by atoms with Crippen molar-refractivity contribution < 1.29 is 22.5 Å². The van der Waals surface area contributed by atoms with E-state index >= 15 is 0 Å². The van der Waals surface area contributed by atoms with E-state index in [1.807, 2.05) is 4.90 Å². The molecule has 162 valence electrons. The summed E-state index contributed by atoms with van der Waals surface area (Å²) < 4.78 is 35.4. The number of hydrogen-bond donors (Lipinski definition) is 1. The molecule has 1 N–H and O–H groups in total. The highest BCUT2D eigenvalue weighted by Gasteiger charge is 2.12. The Kier molecular flexibility index (Phi) is 17.0. The highest BCUT2D eigenvalue weighted by Crippen LogP contribution is 2.12. The van der Waals surface area contributed by atoms with E-state index in [2.05, 4.69) is 11.7 Å². The number of esters is 1. The molecular formula is C20H41NO5S. The van der Waals surface area contributed by atoms with Gasteiger partial charge in [0, 0.05) is 13.1 Å². The molecule has 0 aromatic carbocycles. The van der Waals surface area contributed by atoms with Crippen molar-refractivity contribution in [2.75, 3.05) is 32.5 Å². The minimum absolute atomic E-state index is 0.236. The summed E-state index contributed by atoms with van der Waals surface area (Å²) in [4.78, 5) is 13.2. The van der Waals surface area contributed by atoms with E-state index in [1.54, 1.807) is 0 Å². The second-order valence-corrected chi connectivity index (χ2v) is 8.91. The third-order valence-corrected chi connectivity index (χ3v) is 5.55. The van der Waals surface area contributed by atoms with Gasteiger partial charge in [0.05, 0.1) is 19.3 Å². The lowest BCUT2D eigenvalue weighted by molar-refractivity contribution is -0.140. The van der Waals surface area contributed by atoms with Crippen LogP contribution < -0.4 is 0 Å². The summed E-state index contributed by atoms with van der Waals surface area (Å²) in [6.45, 7) is 3.69. The fourth-order valence-electron chi connectivity index (χ4n) is 3.11. The molecule has 7 heteroatoms. The van der Waals surface area contributed by atoms with Crippen LogP contribution in [-0.4, -0.2) is 56.3 Å². The van der Waals surface area contributed by atoms with Gasteiger partial charge in [-0.2, -0.15) is 8.42 Å². The van der Waals surface area contributed by atoms with Crippen LogP contribution in [0.5, 0.6) is 0 Å². The normalized spacial score (nSPS) is 11.9. The Bertz CT molecular complexity index is 453. The Morgan fingerprint density at radius 2 is 1.30 bits per heavy atom. The Morgan fingerprint density at radius 3 is 1.74 bits per heavy atom. The number of carbonyl (C=O) groups is 1. The average molecular weight is 408 g/mol. The molecule has 6 nitrogen and oxygen atoms in total. The van der Waals surface area contributed by atoms with Crippen molar-refractivity contribution in [3.05, 3.63) is 0 Å². The molecule has 0 aliphatic carbocycles. The van der Waals surface area contributed by atoms with Crippen LogP contribution in [0.15, 0.2) is 0 Å². The van der Waals surface area contributed by atoms with Crippen LogP contribution in [0.3, 0.4) is 0 Å². The monoisotopic (exact) mass is 407 g/mol. The van der Waals surface area contributed by atoms with Gasteiger partial charge in [0.2, 0.25) is 0 Å². The SMILES string of the molecule is CCCCCCCCCCCCCCN(CCC(=O)OC)CCS(=O)(=O)O. The van der Waals surface area contributed by atoms with E-state index in [1.165, 1.54) is 71.3 Å². The van der Waals surface area contributed by atoms with E-state index < -0.39 is 10.1 Å². The minimum Gasteiger partial charge on any atom is -0.469 e. The lowest BCUT2D eigenvalue weighted by Gasteiger charge is -2.21. The molecule has 0 aliphatic rings. The second kappa shape index (κ2) is 17.4. The van der Waals surface area contributed by atoms with Crippen LogP contribution in [0, 0.1) is 0 Å². The number of methoxy groups -OCH3 is 1. The molecule has 0 aromatic heterocycles. The first-order chi connectivity index (χ1) is 12.9. The fraction of sp³-hybridized carbons (Fsp3) is 0.950. The molecule has 0 unspecified atom stereocenters. The Hall–Kier alpha value is -0.660. The molecule has 0 rings (SSSR count). The van der Waals surface area contributed by atoms with E-state index in [0.717, 1.165) is 19.4 Å². The van der Waals surface area contributed by atoms with Crippen molar-refractivity contribution in [2.24, 2.45) is 0 Å². The zero-order valence-corrected chi connectivity index (χ0v) is 18.3. The summed E-state index contributed by atoms with van der Waals surface area (Å²) in [6.07, 6.45) is 15.5. The van der Waals surface area contributed by atoms with Gasteiger partial charge in [-0.3, -0.25) is 9.35 Å². The molecule has 0 atom stereocenters. The van der Waals surface area contributed by atoms with E-state index in [4.69, 9.17) is 4.55 Å². The fourth-order valence-corrected chi connectivity index (χ4v) is 3.60. The van der Waals surface area contributed by atoms with Gasteiger partial charge >= 0.3 is 5.97 Å². The Balaban J connectivity index is 3.74. The predicted octanol–water partition coefficient (Wildman–Crippen LogP) is 4.44. The van der Waals surface area contributed by atoms with Crippen molar-refractivity contribution in [3.8, 4) is 0 Å². The quantitative estimate of drug-likeness (QED) is 0.194. The van der Waals surface area contributed by atoms with E-state index in [9.17, 15) is 13.2 Å². The number of hydrogen-bond acceptors (Lipinski definition) is 5. The molecule has 0 saturated carbocycles. The van der Waals surface area contributed by atoms with Gasteiger partial charge in [-0.25, -0.2) is 0 Å². The summed E-state index contributed by atoms with van der Waals surface area (Å²) in [5.41, 5.74) is 0. The molecule has 0 radical (unpaired) electrons. The number of unbranched alkanes of at least 4 members (excludes halogenated alkanes) is 11. The lowest BCUT2D eigenvalue weighted by atomic mass is 10.1. The molecule has 0 saturated heterocycles. The van der Waals surface area contributed by atoms with Gasteiger partial charge < -0.3 is 9.64 Å². The summed E-state index contributed by atoms with van der Waals surface area (Å²) in [5.74, 6) is -0.603. The van der Waals surface area contributed by atoms with Crippen molar-refractivity contribution >= 4 is 16.1 Å². The topological polar surface area (TPSA) is 83.9 Å².